The lowest BCUT2D eigenvalue weighted by Gasteiger charge is -2.20. The number of morpholine rings is 1. The molecular weight excluding hydrogens is 266 g/mol. The minimum Gasteiger partial charge on any atom is -0.538 e. The summed E-state index contributed by atoms with van der Waals surface area (Å²) in [6.45, 7) is 2.64. The summed E-state index contributed by atoms with van der Waals surface area (Å²) in [5.41, 5.74) is 0. The van der Waals surface area contributed by atoms with Gasteiger partial charge in [-0.15, -0.1) is 5.01 Å². The van der Waals surface area contributed by atoms with Crippen LogP contribution in [0.3, 0.4) is 0 Å². The van der Waals surface area contributed by atoms with Crippen LogP contribution in [0.1, 0.15) is 0 Å². The maximum absolute atomic E-state index is 11.8. The topological polar surface area (TPSA) is 65.4 Å². The molecule has 0 saturated carbocycles. The van der Waals surface area contributed by atoms with E-state index < -0.39 is 5.95 Å². The molecule has 1 fully saturated rings. The van der Waals surface area contributed by atoms with Crippen molar-refractivity contribution >= 4 is 11.8 Å². The zero-order valence-corrected chi connectivity index (χ0v) is 11.0. The van der Waals surface area contributed by atoms with Crippen LogP contribution in [0.2, 0.25) is 0 Å². The highest BCUT2D eigenvalue weighted by Gasteiger charge is 2.27. The van der Waals surface area contributed by atoms with Crippen LogP contribution >= 0.6 is 11.8 Å². The van der Waals surface area contributed by atoms with E-state index in [1.165, 1.54) is 11.8 Å². The van der Waals surface area contributed by atoms with Crippen molar-refractivity contribution in [2.24, 2.45) is 0 Å². The molecule has 100 valence electrons. The molecule has 0 aliphatic carbocycles. The van der Waals surface area contributed by atoms with Gasteiger partial charge in [-0.3, -0.25) is 0 Å². The van der Waals surface area contributed by atoms with Gasteiger partial charge in [0, 0.05) is 4.90 Å². The fraction of sp³-hybridized carbons (Fsp3) is 0.333. The predicted octanol–water partition coefficient (Wildman–Crippen LogP) is 0.155. The van der Waals surface area contributed by atoms with Gasteiger partial charge in [-0.2, -0.15) is 0 Å². The quantitative estimate of drug-likeness (QED) is 0.745. The first-order valence-electron chi connectivity index (χ1n) is 5.99. The Labute approximate surface area is 114 Å². The van der Waals surface area contributed by atoms with E-state index in [2.05, 4.69) is 5.27 Å². The van der Waals surface area contributed by atoms with E-state index in [0.29, 0.717) is 31.3 Å². The first-order valence-corrected chi connectivity index (χ1v) is 6.81. The third kappa shape index (κ3) is 2.66. The van der Waals surface area contributed by atoms with Gasteiger partial charge in [-0.05, 0) is 23.9 Å². The summed E-state index contributed by atoms with van der Waals surface area (Å²) in [6.07, 6.45) is 0. The van der Waals surface area contributed by atoms with Gasteiger partial charge in [0.25, 0.3) is 0 Å². The van der Waals surface area contributed by atoms with Crippen LogP contribution in [-0.2, 0) is 4.74 Å². The minimum absolute atomic E-state index is 0.416. The Morgan fingerprint density at radius 1 is 1.21 bits per heavy atom. The lowest BCUT2D eigenvalue weighted by atomic mass is 10.4. The summed E-state index contributed by atoms with van der Waals surface area (Å²) in [7, 11) is 0. The number of nitrogens with zero attached hydrogens (tertiary/aromatic N) is 3. The summed E-state index contributed by atoms with van der Waals surface area (Å²) < 4.78 is 10.1. The molecule has 0 radical (unpaired) electrons. The van der Waals surface area contributed by atoms with Crippen molar-refractivity contribution in [3.63, 3.8) is 0 Å². The summed E-state index contributed by atoms with van der Waals surface area (Å²) in [5, 5.41) is 18.0. The molecular formula is C12H13N3O3S. The molecule has 0 N–H and O–H groups in total. The van der Waals surface area contributed by atoms with Crippen molar-refractivity contribution in [1.29, 1.82) is 0 Å². The summed E-state index contributed by atoms with van der Waals surface area (Å²) in [5.74, 6) is -0.416. The molecule has 1 aromatic heterocycles. The van der Waals surface area contributed by atoms with E-state index in [-0.39, 0.29) is 0 Å². The summed E-state index contributed by atoms with van der Waals surface area (Å²) in [6, 6.07) is 9.69. The fourth-order valence-electron chi connectivity index (χ4n) is 1.84. The van der Waals surface area contributed by atoms with Gasteiger partial charge >= 0.3 is 5.03 Å². The molecule has 0 atom stereocenters. The second-order valence-corrected chi connectivity index (χ2v) is 5.10. The van der Waals surface area contributed by atoms with Crippen molar-refractivity contribution in [2.45, 2.75) is 9.92 Å². The van der Waals surface area contributed by atoms with Crippen molar-refractivity contribution in [3.05, 3.63) is 30.3 Å². The predicted molar refractivity (Wildman–Crippen MR) is 65.5 cm³/mol. The second kappa shape index (κ2) is 5.50. The monoisotopic (exact) mass is 279 g/mol. The zero-order valence-electron chi connectivity index (χ0n) is 10.2. The molecule has 19 heavy (non-hydrogen) atoms. The van der Waals surface area contributed by atoms with Crippen molar-refractivity contribution in [2.75, 3.05) is 31.3 Å². The van der Waals surface area contributed by atoms with Crippen LogP contribution in [0.25, 0.3) is 0 Å². The van der Waals surface area contributed by atoms with Crippen LogP contribution in [-0.4, -0.2) is 31.6 Å². The Hall–Kier alpha value is -1.73. The van der Waals surface area contributed by atoms with Crippen molar-refractivity contribution < 1.29 is 19.2 Å². The van der Waals surface area contributed by atoms with Crippen LogP contribution in [0, 0.1) is 0 Å². The molecule has 0 bridgehead atoms. The van der Waals surface area contributed by atoms with E-state index >= 15 is 0 Å². The minimum atomic E-state index is -0.416. The molecule has 0 spiro atoms. The third-order valence-electron chi connectivity index (χ3n) is 2.77. The van der Waals surface area contributed by atoms with Crippen LogP contribution < -0.4 is 14.9 Å². The van der Waals surface area contributed by atoms with Gasteiger partial charge in [-0.1, -0.05) is 18.2 Å². The van der Waals surface area contributed by atoms with Crippen molar-refractivity contribution in [3.8, 4) is 5.95 Å². The standard InChI is InChI=1S/C12H13N3O3S/c16-12-11(19-10-4-2-1-3-5-10)15(13-18-12)14-6-8-17-9-7-14/h1-5H,6-9H2. The molecule has 2 heterocycles. The number of rotatable bonds is 3. The molecule has 2 aromatic rings. The van der Waals surface area contributed by atoms with E-state index in [9.17, 15) is 5.11 Å². The fourth-order valence-corrected chi connectivity index (χ4v) is 2.71. The Morgan fingerprint density at radius 2 is 1.95 bits per heavy atom. The van der Waals surface area contributed by atoms with E-state index in [1.807, 2.05) is 35.3 Å². The van der Waals surface area contributed by atoms with Gasteiger partial charge < -0.3 is 14.4 Å². The molecule has 7 heteroatoms. The number of aromatic nitrogens is 2. The normalized spacial score (nSPS) is 15.7. The number of hydrogen-bond acceptors (Lipinski definition) is 6. The van der Waals surface area contributed by atoms with Gasteiger partial charge in [0.1, 0.15) is 5.27 Å². The summed E-state index contributed by atoms with van der Waals surface area (Å²) in [4.78, 5) is 2.52. The average Bonchev–Trinajstić information content (AvgIpc) is 2.82. The van der Waals surface area contributed by atoms with E-state index in [0.717, 1.165) is 4.90 Å². The second-order valence-electron chi connectivity index (χ2n) is 4.04. The van der Waals surface area contributed by atoms with Crippen LogP contribution in [0.5, 0.6) is 5.95 Å². The molecule has 6 nitrogen and oxygen atoms in total. The lowest BCUT2D eigenvalue weighted by Crippen LogP contribution is -2.64. The summed E-state index contributed by atoms with van der Waals surface area (Å²) >= 11 is 1.35. The molecule has 0 amide bonds. The van der Waals surface area contributed by atoms with Crippen molar-refractivity contribution in [1.82, 2.24) is 5.27 Å². The Kier molecular flexibility index (Phi) is 3.56. The van der Waals surface area contributed by atoms with Gasteiger partial charge in [0.2, 0.25) is 0 Å². The molecule has 1 aliphatic heterocycles. The maximum Gasteiger partial charge on any atom is 0.329 e. The lowest BCUT2D eigenvalue weighted by molar-refractivity contribution is -0.791. The van der Waals surface area contributed by atoms with E-state index in [4.69, 9.17) is 9.26 Å². The highest BCUT2D eigenvalue weighted by atomic mass is 32.2. The van der Waals surface area contributed by atoms with Gasteiger partial charge in [-0.25, -0.2) is 0 Å². The average molecular weight is 279 g/mol. The Bertz CT molecular complexity index is 540. The largest absolute Gasteiger partial charge is 0.538 e. The van der Waals surface area contributed by atoms with Gasteiger partial charge in [0.15, 0.2) is 5.95 Å². The number of benzene rings is 1. The first kappa shape index (κ1) is 12.3. The third-order valence-corrected chi connectivity index (χ3v) is 3.80. The zero-order chi connectivity index (χ0) is 13.1. The molecule has 1 saturated heterocycles. The molecule has 1 aromatic carbocycles. The SMILES string of the molecule is [O-]c1on[n+](N2CCOCC2)c1Sc1ccccc1. The Balaban J connectivity index is 1.86. The highest BCUT2D eigenvalue weighted by Crippen LogP contribution is 2.29. The number of hydrogen-bond donors (Lipinski definition) is 0. The highest BCUT2D eigenvalue weighted by molar-refractivity contribution is 7.99. The van der Waals surface area contributed by atoms with Crippen LogP contribution in [0.15, 0.2) is 44.8 Å². The number of ether oxygens (including phenoxy) is 1. The first-order chi connectivity index (χ1) is 9.34. The molecule has 0 unspecified atom stereocenters. The molecule has 3 rings (SSSR count). The Morgan fingerprint density at radius 3 is 2.68 bits per heavy atom. The maximum atomic E-state index is 11.8. The molecule has 1 aliphatic rings. The van der Waals surface area contributed by atoms with Crippen LogP contribution in [0.4, 0.5) is 0 Å². The van der Waals surface area contributed by atoms with E-state index in [1.54, 1.807) is 4.79 Å². The smallest absolute Gasteiger partial charge is 0.329 e. The van der Waals surface area contributed by atoms with Gasteiger partial charge in [0.05, 0.1) is 31.1 Å².